The van der Waals surface area contributed by atoms with Gasteiger partial charge in [0.2, 0.25) is 0 Å². The quantitative estimate of drug-likeness (QED) is 0.385. The predicted molar refractivity (Wildman–Crippen MR) is 140 cm³/mol. The van der Waals surface area contributed by atoms with E-state index in [1.165, 1.54) is 11.3 Å². The Balaban J connectivity index is 0.00000324. The first-order valence-corrected chi connectivity index (χ1v) is 12.4. The smallest absolute Gasteiger partial charge is 0.260 e. The van der Waals surface area contributed by atoms with Gasteiger partial charge in [0.25, 0.3) is 5.91 Å². The van der Waals surface area contributed by atoms with Crippen LogP contribution in [0.1, 0.15) is 24.2 Å². The lowest BCUT2D eigenvalue weighted by Crippen LogP contribution is -2.43. The summed E-state index contributed by atoms with van der Waals surface area (Å²) < 4.78 is 17.8. The molecular formula is C24H29Cl2N3O4S. The third kappa shape index (κ3) is 6.31. The van der Waals surface area contributed by atoms with Crippen LogP contribution in [0.15, 0.2) is 36.4 Å². The number of fused-ring (bicyclic) bond motifs is 1. The minimum Gasteiger partial charge on any atom is -0.490 e. The molecule has 0 unspecified atom stereocenters. The van der Waals surface area contributed by atoms with E-state index in [9.17, 15) is 4.79 Å². The molecule has 0 saturated carbocycles. The van der Waals surface area contributed by atoms with Gasteiger partial charge in [-0.2, -0.15) is 0 Å². The maximum Gasteiger partial charge on any atom is 0.260 e. The second kappa shape index (κ2) is 12.6. The summed E-state index contributed by atoms with van der Waals surface area (Å²) in [6.07, 6.45) is 0. The monoisotopic (exact) mass is 525 g/mol. The number of ether oxygens (including phenoxy) is 3. The van der Waals surface area contributed by atoms with Gasteiger partial charge in [0.1, 0.15) is 0 Å². The normalized spacial score (nSPS) is 14.0. The number of amides is 1. The molecule has 7 nitrogen and oxygen atoms in total. The molecule has 0 radical (unpaired) electrons. The Bertz CT molecular complexity index is 1110. The molecular weight excluding hydrogens is 497 g/mol. The average Bonchev–Trinajstić information content (AvgIpc) is 3.24. The Kier molecular flexibility index (Phi) is 9.79. The van der Waals surface area contributed by atoms with Crippen LogP contribution >= 0.6 is 35.3 Å². The van der Waals surface area contributed by atoms with E-state index in [1.807, 2.05) is 32.0 Å². The Morgan fingerprint density at radius 1 is 1.12 bits per heavy atom. The van der Waals surface area contributed by atoms with Gasteiger partial charge in [0, 0.05) is 36.8 Å². The van der Waals surface area contributed by atoms with Crippen LogP contribution < -0.4 is 14.4 Å². The minimum atomic E-state index is -0.127. The molecule has 0 aliphatic carbocycles. The van der Waals surface area contributed by atoms with Crippen molar-refractivity contribution in [1.29, 1.82) is 0 Å². The lowest BCUT2D eigenvalue weighted by atomic mass is 10.1. The van der Waals surface area contributed by atoms with Crippen LogP contribution in [0.25, 0.3) is 10.2 Å². The molecule has 1 saturated heterocycles. The number of nitrogens with zero attached hydrogens (tertiary/aromatic N) is 3. The molecule has 1 aliphatic heterocycles. The van der Waals surface area contributed by atoms with Crippen LogP contribution in [-0.2, 0) is 4.74 Å². The number of morpholine rings is 1. The van der Waals surface area contributed by atoms with E-state index in [-0.39, 0.29) is 18.3 Å². The first-order chi connectivity index (χ1) is 16.1. The third-order valence-electron chi connectivity index (χ3n) is 5.35. The highest BCUT2D eigenvalue weighted by molar-refractivity contribution is 7.22. The van der Waals surface area contributed by atoms with Gasteiger partial charge in [-0.05, 0) is 50.2 Å². The molecule has 2 aromatic carbocycles. The van der Waals surface area contributed by atoms with Crippen LogP contribution in [0.2, 0.25) is 5.02 Å². The lowest BCUT2D eigenvalue weighted by molar-refractivity contribution is 0.0391. The predicted octanol–water partition coefficient (Wildman–Crippen LogP) is 5.15. The van der Waals surface area contributed by atoms with Crippen molar-refractivity contribution in [3.8, 4) is 11.5 Å². The van der Waals surface area contributed by atoms with Gasteiger partial charge in [-0.3, -0.25) is 14.6 Å². The van der Waals surface area contributed by atoms with Crippen LogP contribution in [-0.4, -0.2) is 68.4 Å². The Labute approximate surface area is 215 Å². The van der Waals surface area contributed by atoms with E-state index in [4.69, 9.17) is 30.8 Å². The summed E-state index contributed by atoms with van der Waals surface area (Å²) in [4.78, 5) is 22.5. The molecule has 0 spiro atoms. The number of carbonyl (C=O) groups is 1. The van der Waals surface area contributed by atoms with Gasteiger partial charge in [-0.25, -0.2) is 4.98 Å². The van der Waals surface area contributed by atoms with Crippen LogP contribution in [0, 0.1) is 0 Å². The van der Waals surface area contributed by atoms with Crippen molar-refractivity contribution in [2.75, 3.05) is 57.5 Å². The molecule has 4 rings (SSSR count). The molecule has 10 heteroatoms. The number of rotatable bonds is 9. The largest absolute Gasteiger partial charge is 0.490 e. The maximum absolute atomic E-state index is 13.7. The molecule has 0 atom stereocenters. The van der Waals surface area contributed by atoms with Crippen molar-refractivity contribution < 1.29 is 19.0 Å². The standard InChI is InChI=1S/C24H28ClN3O4S.ClH/c1-3-31-20-8-5-17(15-21(20)32-4-2)23(29)28(10-9-27-11-13-30-14-12-27)24-26-19-7-6-18(25)16-22(19)33-24;/h5-8,15-16H,3-4,9-14H2,1-2H3;1H. The molecule has 2 heterocycles. The highest BCUT2D eigenvalue weighted by Gasteiger charge is 2.24. The number of carbonyl (C=O) groups excluding carboxylic acids is 1. The summed E-state index contributed by atoms with van der Waals surface area (Å²) in [5, 5.41) is 1.30. The van der Waals surface area contributed by atoms with Crippen molar-refractivity contribution in [2.24, 2.45) is 0 Å². The topological polar surface area (TPSA) is 64.1 Å². The molecule has 184 valence electrons. The fourth-order valence-corrected chi connectivity index (χ4v) is 4.96. The number of halogens is 2. The van der Waals surface area contributed by atoms with Crippen molar-refractivity contribution >= 4 is 56.6 Å². The highest BCUT2D eigenvalue weighted by Crippen LogP contribution is 2.33. The van der Waals surface area contributed by atoms with Crippen molar-refractivity contribution in [3.63, 3.8) is 0 Å². The zero-order valence-electron chi connectivity index (χ0n) is 19.3. The first-order valence-electron chi connectivity index (χ1n) is 11.2. The second-order valence-electron chi connectivity index (χ2n) is 7.55. The molecule has 0 N–H and O–H groups in total. The minimum absolute atomic E-state index is 0. The lowest BCUT2D eigenvalue weighted by Gasteiger charge is -2.29. The van der Waals surface area contributed by atoms with Gasteiger partial charge in [0.05, 0.1) is 36.6 Å². The fourth-order valence-electron chi connectivity index (χ4n) is 3.69. The number of thiazole rings is 1. The van der Waals surface area contributed by atoms with Crippen molar-refractivity contribution in [1.82, 2.24) is 9.88 Å². The second-order valence-corrected chi connectivity index (χ2v) is 8.99. The van der Waals surface area contributed by atoms with E-state index in [0.29, 0.717) is 60.2 Å². The third-order valence-corrected chi connectivity index (χ3v) is 6.63. The van der Waals surface area contributed by atoms with Gasteiger partial charge >= 0.3 is 0 Å². The zero-order valence-corrected chi connectivity index (χ0v) is 21.7. The fraction of sp³-hybridized carbons (Fsp3) is 0.417. The first kappa shape index (κ1) is 26.5. The van der Waals surface area contributed by atoms with Gasteiger partial charge in [0.15, 0.2) is 16.6 Å². The zero-order chi connectivity index (χ0) is 23.2. The van der Waals surface area contributed by atoms with E-state index in [0.717, 1.165) is 29.9 Å². The van der Waals surface area contributed by atoms with Crippen molar-refractivity contribution in [2.45, 2.75) is 13.8 Å². The summed E-state index contributed by atoms with van der Waals surface area (Å²) in [6.45, 7) is 9.22. The number of hydrogen-bond donors (Lipinski definition) is 0. The Morgan fingerprint density at radius 3 is 2.59 bits per heavy atom. The van der Waals surface area contributed by atoms with Gasteiger partial charge in [-0.15, -0.1) is 12.4 Å². The molecule has 1 fully saturated rings. The van der Waals surface area contributed by atoms with Crippen LogP contribution in [0.5, 0.6) is 11.5 Å². The number of aromatic nitrogens is 1. The van der Waals surface area contributed by atoms with E-state index >= 15 is 0 Å². The summed E-state index contributed by atoms with van der Waals surface area (Å²) in [7, 11) is 0. The Hall–Kier alpha value is -2.10. The van der Waals surface area contributed by atoms with Gasteiger partial charge < -0.3 is 14.2 Å². The molecule has 0 bridgehead atoms. The number of hydrogen-bond acceptors (Lipinski definition) is 7. The summed E-state index contributed by atoms with van der Waals surface area (Å²) in [6, 6.07) is 10.9. The summed E-state index contributed by atoms with van der Waals surface area (Å²) in [5.74, 6) is 1.07. The number of anilines is 1. The molecule has 1 aromatic heterocycles. The van der Waals surface area contributed by atoms with Crippen molar-refractivity contribution in [3.05, 3.63) is 47.0 Å². The summed E-state index contributed by atoms with van der Waals surface area (Å²) >= 11 is 7.64. The molecule has 3 aromatic rings. The van der Waals surface area contributed by atoms with Crippen LogP contribution in [0.3, 0.4) is 0 Å². The summed E-state index contributed by atoms with van der Waals surface area (Å²) in [5.41, 5.74) is 1.35. The molecule has 1 aliphatic rings. The van der Waals surface area contributed by atoms with Gasteiger partial charge in [-0.1, -0.05) is 22.9 Å². The average molecular weight is 526 g/mol. The van der Waals surface area contributed by atoms with Crippen LogP contribution in [0.4, 0.5) is 5.13 Å². The van der Waals surface area contributed by atoms with E-state index in [2.05, 4.69) is 4.90 Å². The SMILES string of the molecule is CCOc1ccc(C(=O)N(CCN2CCOCC2)c2nc3ccc(Cl)cc3s2)cc1OCC.Cl. The molecule has 1 amide bonds. The number of benzene rings is 2. The van der Waals surface area contributed by atoms with E-state index < -0.39 is 0 Å². The Morgan fingerprint density at radius 2 is 1.85 bits per heavy atom. The van der Waals surface area contributed by atoms with E-state index in [1.54, 1.807) is 23.1 Å². The highest BCUT2D eigenvalue weighted by atomic mass is 35.5. The maximum atomic E-state index is 13.7. The molecule has 34 heavy (non-hydrogen) atoms.